The summed E-state index contributed by atoms with van der Waals surface area (Å²) in [5, 5.41) is 3.28. The van der Waals surface area contributed by atoms with E-state index in [1.807, 2.05) is 24.9 Å². The monoisotopic (exact) mass is 288 g/mol. The standard InChI is InChI=1S/C16H21FN4/c1-4-9-18-15-12(2)16(20-11-19-15)21(3)10-13-7-5-6-8-14(13)17/h5-8,11H,4,9-10H2,1-3H3,(H,18,19,20). The van der Waals surface area contributed by atoms with E-state index in [2.05, 4.69) is 22.2 Å². The minimum absolute atomic E-state index is 0.194. The van der Waals surface area contributed by atoms with E-state index in [9.17, 15) is 4.39 Å². The Morgan fingerprint density at radius 2 is 2.00 bits per heavy atom. The lowest BCUT2D eigenvalue weighted by Crippen LogP contribution is -2.20. The zero-order valence-corrected chi connectivity index (χ0v) is 12.7. The van der Waals surface area contributed by atoms with Crippen molar-refractivity contribution in [1.82, 2.24) is 9.97 Å². The van der Waals surface area contributed by atoms with Gasteiger partial charge in [0.1, 0.15) is 23.8 Å². The zero-order valence-electron chi connectivity index (χ0n) is 12.7. The fourth-order valence-corrected chi connectivity index (χ4v) is 2.20. The second kappa shape index (κ2) is 7.02. The number of hydrogen-bond acceptors (Lipinski definition) is 4. The van der Waals surface area contributed by atoms with Crippen LogP contribution in [0.25, 0.3) is 0 Å². The molecular formula is C16H21FN4. The van der Waals surface area contributed by atoms with Crippen LogP contribution in [0, 0.1) is 12.7 Å². The molecule has 21 heavy (non-hydrogen) atoms. The zero-order chi connectivity index (χ0) is 15.2. The van der Waals surface area contributed by atoms with Crippen molar-refractivity contribution in [2.45, 2.75) is 26.8 Å². The fourth-order valence-electron chi connectivity index (χ4n) is 2.20. The first-order chi connectivity index (χ1) is 10.1. The van der Waals surface area contributed by atoms with E-state index in [1.54, 1.807) is 12.1 Å². The highest BCUT2D eigenvalue weighted by Gasteiger charge is 2.12. The van der Waals surface area contributed by atoms with Crippen LogP contribution in [-0.2, 0) is 6.54 Å². The van der Waals surface area contributed by atoms with E-state index in [1.165, 1.54) is 12.4 Å². The van der Waals surface area contributed by atoms with Gasteiger partial charge in [-0.3, -0.25) is 0 Å². The Kier molecular flexibility index (Phi) is 5.09. The molecule has 5 heteroatoms. The van der Waals surface area contributed by atoms with Crippen LogP contribution in [0.3, 0.4) is 0 Å². The molecule has 0 saturated heterocycles. The van der Waals surface area contributed by atoms with Gasteiger partial charge in [-0.05, 0) is 19.4 Å². The van der Waals surface area contributed by atoms with Crippen molar-refractivity contribution in [2.75, 3.05) is 23.8 Å². The highest BCUT2D eigenvalue weighted by Crippen LogP contribution is 2.23. The molecule has 2 rings (SSSR count). The Bertz CT molecular complexity index is 601. The minimum Gasteiger partial charge on any atom is -0.370 e. The van der Waals surface area contributed by atoms with Crippen molar-refractivity contribution in [1.29, 1.82) is 0 Å². The lowest BCUT2D eigenvalue weighted by Gasteiger charge is -2.21. The maximum atomic E-state index is 13.7. The maximum Gasteiger partial charge on any atom is 0.137 e. The highest BCUT2D eigenvalue weighted by atomic mass is 19.1. The Labute approximate surface area is 125 Å². The van der Waals surface area contributed by atoms with Gasteiger partial charge in [-0.25, -0.2) is 14.4 Å². The number of nitrogens with one attached hydrogen (secondary N) is 1. The van der Waals surface area contributed by atoms with Gasteiger partial charge in [0.2, 0.25) is 0 Å². The third-order valence-electron chi connectivity index (χ3n) is 3.33. The number of benzene rings is 1. The predicted molar refractivity (Wildman–Crippen MR) is 84.1 cm³/mol. The molecule has 0 spiro atoms. The van der Waals surface area contributed by atoms with Crippen LogP contribution >= 0.6 is 0 Å². The lowest BCUT2D eigenvalue weighted by molar-refractivity contribution is 0.607. The molecule has 1 heterocycles. The van der Waals surface area contributed by atoms with Crippen molar-refractivity contribution in [2.24, 2.45) is 0 Å². The van der Waals surface area contributed by atoms with Gasteiger partial charge in [-0.2, -0.15) is 0 Å². The summed E-state index contributed by atoms with van der Waals surface area (Å²) in [5.74, 6) is 1.45. The number of halogens is 1. The van der Waals surface area contributed by atoms with E-state index in [-0.39, 0.29) is 5.82 Å². The van der Waals surface area contributed by atoms with Gasteiger partial charge in [0.05, 0.1) is 0 Å². The van der Waals surface area contributed by atoms with Gasteiger partial charge in [0.15, 0.2) is 0 Å². The molecular weight excluding hydrogens is 267 g/mol. The summed E-state index contributed by atoms with van der Waals surface area (Å²) in [6, 6.07) is 6.80. The van der Waals surface area contributed by atoms with Crippen LogP contribution in [0.2, 0.25) is 0 Å². The molecule has 0 aliphatic rings. The van der Waals surface area contributed by atoms with Gasteiger partial charge in [0, 0.05) is 31.3 Å². The van der Waals surface area contributed by atoms with Crippen molar-refractivity contribution in [3.8, 4) is 0 Å². The van der Waals surface area contributed by atoms with E-state index in [0.717, 1.165) is 30.2 Å². The second-order valence-electron chi connectivity index (χ2n) is 5.05. The molecule has 0 aliphatic carbocycles. The van der Waals surface area contributed by atoms with Crippen molar-refractivity contribution < 1.29 is 4.39 Å². The van der Waals surface area contributed by atoms with E-state index in [0.29, 0.717) is 12.1 Å². The second-order valence-corrected chi connectivity index (χ2v) is 5.05. The van der Waals surface area contributed by atoms with Crippen LogP contribution in [0.4, 0.5) is 16.0 Å². The van der Waals surface area contributed by atoms with Crippen LogP contribution in [0.15, 0.2) is 30.6 Å². The molecule has 112 valence electrons. The summed E-state index contributed by atoms with van der Waals surface area (Å²) >= 11 is 0. The third kappa shape index (κ3) is 3.68. The molecule has 0 aliphatic heterocycles. The molecule has 1 aromatic heterocycles. The Hall–Kier alpha value is -2.17. The van der Waals surface area contributed by atoms with E-state index in [4.69, 9.17) is 0 Å². The van der Waals surface area contributed by atoms with Gasteiger partial charge in [0.25, 0.3) is 0 Å². The van der Waals surface area contributed by atoms with Crippen LogP contribution in [-0.4, -0.2) is 23.6 Å². The quantitative estimate of drug-likeness (QED) is 0.884. The highest BCUT2D eigenvalue weighted by molar-refractivity contribution is 5.57. The SMILES string of the molecule is CCCNc1ncnc(N(C)Cc2ccccc2F)c1C. The van der Waals surface area contributed by atoms with Crippen molar-refractivity contribution in [3.63, 3.8) is 0 Å². The molecule has 4 nitrogen and oxygen atoms in total. The average molecular weight is 288 g/mol. The summed E-state index contributed by atoms with van der Waals surface area (Å²) in [6.07, 6.45) is 2.57. The van der Waals surface area contributed by atoms with Crippen LogP contribution in [0.1, 0.15) is 24.5 Å². The van der Waals surface area contributed by atoms with E-state index < -0.39 is 0 Å². The largest absolute Gasteiger partial charge is 0.370 e. The molecule has 0 bridgehead atoms. The molecule has 0 atom stereocenters. The summed E-state index contributed by atoms with van der Waals surface area (Å²) < 4.78 is 13.7. The lowest BCUT2D eigenvalue weighted by atomic mass is 10.2. The number of anilines is 2. The summed E-state index contributed by atoms with van der Waals surface area (Å²) in [5.41, 5.74) is 1.63. The molecule has 0 unspecified atom stereocenters. The molecule has 2 aromatic rings. The summed E-state index contributed by atoms with van der Waals surface area (Å²) in [7, 11) is 1.91. The van der Waals surface area contributed by atoms with Gasteiger partial charge in [-0.15, -0.1) is 0 Å². The number of hydrogen-bond donors (Lipinski definition) is 1. The number of nitrogens with zero attached hydrogens (tertiary/aromatic N) is 3. The predicted octanol–water partition coefficient (Wildman–Crippen LogP) is 3.38. The molecule has 0 amide bonds. The van der Waals surface area contributed by atoms with Crippen LogP contribution in [0.5, 0.6) is 0 Å². The minimum atomic E-state index is -0.194. The topological polar surface area (TPSA) is 41.1 Å². The number of rotatable bonds is 6. The average Bonchev–Trinajstić information content (AvgIpc) is 2.48. The molecule has 0 radical (unpaired) electrons. The molecule has 1 N–H and O–H groups in total. The van der Waals surface area contributed by atoms with Crippen molar-refractivity contribution in [3.05, 3.63) is 47.5 Å². The Balaban J connectivity index is 2.19. The smallest absolute Gasteiger partial charge is 0.137 e. The molecule has 0 fully saturated rings. The molecule has 1 aromatic carbocycles. The van der Waals surface area contributed by atoms with E-state index >= 15 is 0 Å². The van der Waals surface area contributed by atoms with Gasteiger partial charge >= 0.3 is 0 Å². The van der Waals surface area contributed by atoms with Crippen LogP contribution < -0.4 is 10.2 Å². The normalized spacial score (nSPS) is 10.5. The first-order valence-corrected chi connectivity index (χ1v) is 7.13. The van der Waals surface area contributed by atoms with Crippen molar-refractivity contribution >= 4 is 11.6 Å². The number of aromatic nitrogens is 2. The summed E-state index contributed by atoms with van der Waals surface area (Å²) in [4.78, 5) is 10.5. The first kappa shape index (κ1) is 15.2. The summed E-state index contributed by atoms with van der Waals surface area (Å²) in [6.45, 7) is 5.42. The maximum absolute atomic E-state index is 13.7. The van der Waals surface area contributed by atoms with Gasteiger partial charge < -0.3 is 10.2 Å². The fraction of sp³-hybridized carbons (Fsp3) is 0.375. The Morgan fingerprint density at radius 1 is 1.24 bits per heavy atom. The first-order valence-electron chi connectivity index (χ1n) is 7.13. The third-order valence-corrected chi connectivity index (χ3v) is 3.33. The molecule has 0 saturated carbocycles. The Morgan fingerprint density at radius 3 is 2.71 bits per heavy atom. The van der Waals surface area contributed by atoms with Gasteiger partial charge in [-0.1, -0.05) is 25.1 Å².